The van der Waals surface area contributed by atoms with E-state index in [4.69, 9.17) is 9.73 Å². The Morgan fingerprint density at radius 1 is 0.426 bits per heavy atom. The predicted octanol–water partition coefficient (Wildman–Crippen LogP) is 14.1. The van der Waals surface area contributed by atoms with Gasteiger partial charge in [-0.15, -0.1) is 0 Å². The number of hydrogen-bond acceptors (Lipinski definition) is 3. The van der Waals surface area contributed by atoms with E-state index < -0.39 is 5.41 Å². The van der Waals surface area contributed by atoms with Crippen molar-refractivity contribution in [1.82, 2.24) is 4.90 Å². The fourth-order valence-electron chi connectivity index (χ4n) is 10.4. The van der Waals surface area contributed by atoms with Crippen molar-refractivity contribution in [2.45, 2.75) is 11.6 Å². The Bertz CT molecular complexity index is 3210. The molecule has 1 spiro atoms. The molecule has 288 valence electrons. The van der Waals surface area contributed by atoms with Gasteiger partial charge in [-0.2, -0.15) is 0 Å². The van der Waals surface area contributed by atoms with Gasteiger partial charge in [-0.1, -0.05) is 206 Å². The van der Waals surface area contributed by atoms with Crippen LogP contribution < -0.4 is 4.74 Å². The molecule has 3 nitrogen and oxygen atoms in total. The summed E-state index contributed by atoms with van der Waals surface area (Å²) in [6.07, 6.45) is 1.93. The fraction of sp³-hybridized carbons (Fsp3) is 0.0517. The second-order valence-electron chi connectivity index (χ2n) is 16.2. The summed E-state index contributed by atoms with van der Waals surface area (Å²) in [5, 5.41) is 2.42. The summed E-state index contributed by atoms with van der Waals surface area (Å²) < 4.78 is 7.16. The van der Waals surface area contributed by atoms with E-state index in [-0.39, 0.29) is 6.17 Å². The molecule has 0 amide bonds. The summed E-state index contributed by atoms with van der Waals surface area (Å²) in [7, 11) is 2.19. The van der Waals surface area contributed by atoms with E-state index in [2.05, 4.69) is 230 Å². The van der Waals surface area contributed by atoms with Gasteiger partial charge in [-0.25, -0.2) is 0 Å². The van der Waals surface area contributed by atoms with Crippen molar-refractivity contribution in [3.8, 4) is 44.9 Å². The highest BCUT2D eigenvalue weighted by atomic mass is 16.5. The van der Waals surface area contributed by atoms with Gasteiger partial charge < -0.3 is 9.64 Å². The van der Waals surface area contributed by atoms with E-state index in [0.717, 1.165) is 56.3 Å². The molecule has 0 N–H and O–H groups in total. The van der Waals surface area contributed by atoms with Crippen molar-refractivity contribution < 1.29 is 4.74 Å². The van der Waals surface area contributed by atoms with Gasteiger partial charge in [0.2, 0.25) is 0 Å². The Morgan fingerprint density at radius 3 is 1.67 bits per heavy atom. The van der Waals surface area contributed by atoms with Gasteiger partial charge in [0.15, 0.2) is 0 Å². The lowest BCUT2D eigenvalue weighted by Crippen LogP contribution is -2.32. The van der Waals surface area contributed by atoms with Crippen LogP contribution in [0.25, 0.3) is 49.9 Å². The lowest BCUT2D eigenvalue weighted by Gasteiger charge is -2.40. The maximum atomic E-state index is 7.16. The van der Waals surface area contributed by atoms with Crippen molar-refractivity contribution in [3.63, 3.8) is 0 Å². The number of rotatable bonds is 5. The zero-order valence-corrected chi connectivity index (χ0v) is 33.7. The number of fused-ring (bicyclic) bond motifs is 10. The first-order chi connectivity index (χ1) is 30.2. The second-order valence-corrected chi connectivity index (χ2v) is 16.2. The van der Waals surface area contributed by atoms with Crippen LogP contribution in [0.5, 0.6) is 11.5 Å². The molecule has 2 heterocycles. The number of nitrogens with zero attached hydrogens (tertiary/aromatic N) is 2. The van der Waals surface area contributed by atoms with Crippen LogP contribution in [0.15, 0.2) is 223 Å². The van der Waals surface area contributed by atoms with Gasteiger partial charge in [0.05, 0.1) is 11.1 Å². The number of hydrogen-bond donors (Lipinski definition) is 0. The van der Waals surface area contributed by atoms with Crippen LogP contribution >= 0.6 is 0 Å². The standard InChI is InChI=1S/C58H40N2O/c1-60-54(46-36-35-40(38-19-4-2-5-20-38)41-23-8-9-24-42(41)46)37-53(39-21-6-3-7-22-39)59-57(60)48-28-11-10-25-43(48)47-29-18-33-52-56(47)61-55-34-17-16-32-51(55)58(52)49-30-14-12-26-44(49)45-27-13-15-31-50(45)58/h2-37,57H,1H3. The minimum absolute atomic E-state index is 0.340. The summed E-state index contributed by atoms with van der Waals surface area (Å²) in [5.41, 5.74) is 16.8. The number of benzene rings is 9. The van der Waals surface area contributed by atoms with E-state index in [1.165, 1.54) is 49.7 Å². The topological polar surface area (TPSA) is 24.8 Å². The Morgan fingerprint density at radius 2 is 0.951 bits per heavy atom. The van der Waals surface area contributed by atoms with E-state index >= 15 is 0 Å². The molecule has 0 aromatic heterocycles. The first-order valence-electron chi connectivity index (χ1n) is 21.0. The van der Waals surface area contributed by atoms with Crippen LogP contribution in [0.3, 0.4) is 0 Å². The molecule has 1 aliphatic carbocycles. The molecule has 61 heavy (non-hydrogen) atoms. The number of para-hydroxylation sites is 2. The smallest absolute Gasteiger partial charge is 0.148 e. The molecule has 1 unspecified atom stereocenters. The van der Waals surface area contributed by atoms with Crippen molar-refractivity contribution >= 4 is 22.2 Å². The summed E-state index contributed by atoms with van der Waals surface area (Å²) >= 11 is 0. The third-order valence-corrected chi connectivity index (χ3v) is 13.0. The monoisotopic (exact) mass is 780 g/mol. The SMILES string of the molecule is CN1C(c2ccc(-c3ccccc3)c3ccccc23)=CC(c2ccccc2)=NC1c1ccccc1-c1cccc2c1Oc1ccccc1C21c2ccccc2-c2ccccc21. The summed E-state index contributed by atoms with van der Waals surface area (Å²) in [6.45, 7) is 0. The van der Waals surface area contributed by atoms with Crippen LogP contribution in [-0.2, 0) is 5.41 Å². The minimum Gasteiger partial charge on any atom is -0.456 e. The van der Waals surface area contributed by atoms with Crippen molar-refractivity contribution in [3.05, 3.63) is 257 Å². The normalized spacial score (nSPS) is 15.6. The van der Waals surface area contributed by atoms with Crippen molar-refractivity contribution in [2.24, 2.45) is 4.99 Å². The van der Waals surface area contributed by atoms with Crippen LogP contribution in [0, 0.1) is 0 Å². The molecular formula is C58H40N2O. The predicted molar refractivity (Wildman–Crippen MR) is 250 cm³/mol. The number of aliphatic imine (C=N–C) groups is 1. The third-order valence-electron chi connectivity index (χ3n) is 13.0. The highest BCUT2D eigenvalue weighted by molar-refractivity contribution is 6.15. The van der Waals surface area contributed by atoms with Gasteiger partial charge in [-0.3, -0.25) is 4.99 Å². The highest BCUT2D eigenvalue weighted by Crippen LogP contribution is 2.63. The highest BCUT2D eigenvalue weighted by Gasteiger charge is 2.51. The molecule has 3 heteroatoms. The molecule has 9 aromatic carbocycles. The molecule has 3 aliphatic rings. The van der Waals surface area contributed by atoms with E-state index in [1.807, 2.05) is 0 Å². The Kier molecular flexibility index (Phi) is 8.04. The summed E-state index contributed by atoms with van der Waals surface area (Å²) in [6, 6.07) is 76.5. The van der Waals surface area contributed by atoms with Crippen molar-refractivity contribution in [2.75, 3.05) is 7.05 Å². The average molecular weight is 781 g/mol. The van der Waals surface area contributed by atoms with Gasteiger partial charge in [-0.05, 0) is 67.4 Å². The molecule has 0 saturated heterocycles. The largest absolute Gasteiger partial charge is 0.456 e. The molecule has 9 aromatic rings. The van der Waals surface area contributed by atoms with Gasteiger partial charge >= 0.3 is 0 Å². The Balaban J connectivity index is 1.06. The van der Waals surface area contributed by atoms with Crippen molar-refractivity contribution in [1.29, 1.82) is 0 Å². The maximum absolute atomic E-state index is 7.16. The van der Waals surface area contributed by atoms with Crippen LogP contribution in [0.2, 0.25) is 0 Å². The molecule has 12 rings (SSSR count). The molecule has 2 aliphatic heterocycles. The van der Waals surface area contributed by atoms with Gasteiger partial charge in [0, 0.05) is 40.6 Å². The Labute approximate surface area is 356 Å². The first kappa shape index (κ1) is 35.2. The molecule has 0 bridgehead atoms. The molecule has 0 saturated carbocycles. The molecule has 1 atom stereocenters. The number of allylic oxidation sites excluding steroid dienone is 1. The average Bonchev–Trinajstić information content (AvgIpc) is 3.62. The molecule has 0 fully saturated rings. The zero-order valence-electron chi connectivity index (χ0n) is 33.7. The quantitative estimate of drug-likeness (QED) is 0.174. The minimum atomic E-state index is -0.550. The molecular weight excluding hydrogens is 741 g/mol. The lowest BCUT2D eigenvalue weighted by molar-refractivity contribution is 0.365. The van der Waals surface area contributed by atoms with Gasteiger partial charge in [0.25, 0.3) is 0 Å². The fourth-order valence-corrected chi connectivity index (χ4v) is 10.4. The third kappa shape index (κ3) is 5.27. The lowest BCUT2D eigenvalue weighted by atomic mass is 9.65. The van der Waals surface area contributed by atoms with E-state index in [9.17, 15) is 0 Å². The molecule has 0 radical (unpaired) electrons. The zero-order chi connectivity index (χ0) is 40.5. The number of ether oxygens (including phenoxy) is 1. The first-order valence-corrected chi connectivity index (χ1v) is 21.0. The van der Waals surface area contributed by atoms with Crippen LogP contribution in [0.4, 0.5) is 0 Å². The van der Waals surface area contributed by atoms with E-state index in [0.29, 0.717) is 0 Å². The summed E-state index contributed by atoms with van der Waals surface area (Å²) in [5.74, 6) is 1.76. The van der Waals surface area contributed by atoms with Crippen LogP contribution in [0.1, 0.15) is 45.1 Å². The van der Waals surface area contributed by atoms with Gasteiger partial charge in [0.1, 0.15) is 17.7 Å². The summed E-state index contributed by atoms with van der Waals surface area (Å²) in [4.78, 5) is 7.97. The van der Waals surface area contributed by atoms with E-state index in [1.54, 1.807) is 0 Å². The Hall–Kier alpha value is -7.75. The second kappa shape index (κ2) is 13.9. The van der Waals surface area contributed by atoms with Crippen LogP contribution in [-0.4, -0.2) is 17.7 Å². The maximum Gasteiger partial charge on any atom is 0.148 e.